The minimum atomic E-state index is 0. The first-order valence-electron chi connectivity index (χ1n) is 7.06. The molecule has 120 valence electrons. The maximum atomic E-state index is 12.2. The summed E-state index contributed by atoms with van der Waals surface area (Å²) in [4.78, 5) is 16.2. The molecular formula is C15H25Cl2N3O. The van der Waals surface area contributed by atoms with Gasteiger partial charge in [-0.1, -0.05) is 19.3 Å². The van der Waals surface area contributed by atoms with Gasteiger partial charge in [-0.2, -0.15) is 0 Å². The molecule has 6 heteroatoms. The number of hydrogen-bond acceptors (Lipinski definition) is 3. The topological polar surface area (TPSA) is 68.0 Å². The Hall–Kier alpha value is -0.840. The molecule has 0 aliphatic heterocycles. The first-order chi connectivity index (χ1) is 9.15. The lowest BCUT2D eigenvalue weighted by atomic mass is 9.71. The molecule has 1 aliphatic rings. The van der Waals surface area contributed by atoms with Gasteiger partial charge in [-0.05, 0) is 43.4 Å². The molecule has 4 nitrogen and oxygen atoms in total. The Morgan fingerprint density at radius 2 is 2.00 bits per heavy atom. The molecule has 1 saturated carbocycles. The molecule has 1 aliphatic carbocycles. The number of carbonyl (C=O) groups is 1. The van der Waals surface area contributed by atoms with Crippen molar-refractivity contribution < 1.29 is 4.79 Å². The molecule has 1 fully saturated rings. The van der Waals surface area contributed by atoms with Crippen LogP contribution < -0.4 is 11.1 Å². The van der Waals surface area contributed by atoms with Gasteiger partial charge < -0.3 is 11.1 Å². The van der Waals surface area contributed by atoms with Crippen LogP contribution in [0.2, 0.25) is 0 Å². The first kappa shape index (κ1) is 20.2. The number of rotatable bonds is 4. The van der Waals surface area contributed by atoms with E-state index in [0.717, 1.165) is 24.1 Å². The van der Waals surface area contributed by atoms with Crippen molar-refractivity contribution in [3.05, 3.63) is 24.0 Å². The van der Waals surface area contributed by atoms with Crippen LogP contribution in [0.25, 0.3) is 0 Å². The van der Waals surface area contributed by atoms with E-state index >= 15 is 0 Å². The molecule has 0 unspecified atom stereocenters. The van der Waals surface area contributed by atoms with E-state index in [1.165, 1.54) is 19.3 Å². The highest BCUT2D eigenvalue weighted by Crippen LogP contribution is 2.38. The van der Waals surface area contributed by atoms with Crippen molar-refractivity contribution in [2.75, 3.05) is 11.9 Å². The maximum Gasteiger partial charge on any atom is 0.225 e. The molecular weight excluding hydrogens is 309 g/mol. The number of halogens is 2. The SMILES string of the molecule is Cc1ccncc1NC(=O)CC1(CN)CCCCC1.Cl.Cl. The van der Waals surface area contributed by atoms with Crippen LogP contribution in [0.3, 0.4) is 0 Å². The summed E-state index contributed by atoms with van der Waals surface area (Å²) in [5.74, 6) is 0.0588. The van der Waals surface area contributed by atoms with Crippen LogP contribution in [0.15, 0.2) is 18.5 Å². The van der Waals surface area contributed by atoms with Gasteiger partial charge in [0.15, 0.2) is 0 Å². The van der Waals surface area contributed by atoms with Crippen LogP contribution in [0.5, 0.6) is 0 Å². The molecule has 0 atom stereocenters. The van der Waals surface area contributed by atoms with Crippen molar-refractivity contribution in [2.45, 2.75) is 45.4 Å². The lowest BCUT2D eigenvalue weighted by Gasteiger charge is -2.35. The van der Waals surface area contributed by atoms with E-state index in [-0.39, 0.29) is 36.1 Å². The zero-order valence-corrected chi connectivity index (χ0v) is 14.1. The number of nitrogens with two attached hydrogens (primary N) is 1. The van der Waals surface area contributed by atoms with Crippen LogP contribution in [0.4, 0.5) is 5.69 Å². The van der Waals surface area contributed by atoms with E-state index in [2.05, 4.69) is 10.3 Å². The summed E-state index contributed by atoms with van der Waals surface area (Å²) in [6, 6.07) is 1.90. The predicted octanol–water partition coefficient (Wildman–Crippen LogP) is 3.47. The van der Waals surface area contributed by atoms with Gasteiger partial charge in [0.25, 0.3) is 0 Å². The van der Waals surface area contributed by atoms with Gasteiger partial charge in [0.2, 0.25) is 5.91 Å². The molecule has 21 heavy (non-hydrogen) atoms. The average molecular weight is 334 g/mol. The van der Waals surface area contributed by atoms with Crippen molar-refractivity contribution in [1.29, 1.82) is 0 Å². The van der Waals surface area contributed by atoms with Crippen molar-refractivity contribution in [2.24, 2.45) is 11.1 Å². The van der Waals surface area contributed by atoms with Gasteiger partial charge in [0.05, 0.1) is 11.9 Å². The Bertz CT molecular complexity index is 448. The predicted molar refractivity (Wildman–Crippen MR) is 91.3 cm³/mol. The smallest absolute Gasteiger partial charge is 0.225 e. The lowest BCUT2D eigenvalue weighted by molar-refractivity contribution is -0.118. The summed E-state index contributed by atoms with van der Waals surface area (Å²) in [5.41, 5.74) is 7.77. The van der Waals surface area contributed by atoms with Gasteiger partial charge in [-0.15, -0.1) is 24.8 Å². The van der Waals surface area contributed by atoms with Crippen LogP contribution in [-0.2, 0) is 4.79 Å². The largest absolute Gasteiger partial charge is 0.330 e. The fourth-order valence-corrected chi connectivity index (χ4v) is 2.88. The van der Waals surface area contributed by atoms with E-state index < -0.39 is 0 Å². The molecule has 2 rings (SSSR count). The summed E-state index contributed by atoms with van der Waals surface area (Å²) in [7, 11) is 0. The van der Waals surface area contributed by atoms with E-state index in [0.29, 0.717) is 13.0 Å². The molecule has 0 aromatic carbocycles. The fourth-order valence-electron chi connectivity index (χ4n) is 2.88. The van der Waals surface area contributed by atoms with Crippen molar-refractivity contribution in [3.63, 3.8) is 0 Å². The second kappa shape index (κ2) is 9.23. The number of nitrogens with one attached hydrogen (secondary N) is 1. The molecule has 0 radical (unpaired) electrons. The minimum Gasteiger partial charge on any atom is -0.330 e. The van der Waals surface area contributed by atoms with Crippen molar-refractivity contribution in [1.82, 2.24) is 4.98 Å². The Morgan fingerprint density at radius 1 is 1.33 bits per heavy atom. The highest BCUT2D eigenvalue weighted by atomic mass is 35.5. The zero-order chi connectivity index (χ0) is 13.7. The van der Waals surface area contributed by atoms with Crippen LogP contribution in [0, 0.1) is 12.3 Å². The van der Waals surface area contributed by atoms with E-state index in [1.807, 2.05) is 13.0 Å². The molecule has 1 amide bonds. The standard InChI is InChI=1S/C15H23N3O.2ClH/c1-12-5-8-17-10-13(12)18-14(19)9-15(11-16)6-3-2-4-7-15;;/h5,8,10H,2-4,6-7,9,11,16H2,1H3,(H,18,19);2*1H. The molecule has 3 N–H and O–H groups in total. The van der Waals surface area contributed by atoms with E-state index in [9.17, 15) is 4.79 Å². The monoisotopic (exact) mass is 333 g/mol. The van der Waals surface area contributed by atoms with Gasteiger partial charge in [0, 0.05) is 12.6 Å². The highest BCUT2D eigenvalue weighted by Gasteiger charge is 2.32. The summed E-state index contributed by atoms with van der Waals surface area (Å²) < 4.78 is 0. The summed E-state index contributed by atoms with van der Waals surface area (Å²) in [6.45, 7) is 2.57. The van der Waals surface area contributed by atoms with Crippen LogP contribution in [0.1, 0.15) is 44.1 Å². The number of pyridine rings is 1. The summed E-state index contributed by atoms with van der Waals surface area (Å²) in [5, 5.41) is 2.96. The maximum absolute atomic E-state index is 12.2. The Balaban J connectivity index is 0.00000200. The molecule has 1 aromatic heterocycles. The normalized spacial score (nSPS) is 16.3. The number of hydrogen-bond donors (Lipinski definition) is 2. The number of anilines is 1. The number of carbonyl (C=O) groups excluding carboxylic acids is 1. The van der Waals surface area contributed by atoms with Crippen molar-refractivity contribution >= 4 is 36.4 Å². The molecule has 1 aromatic rings. The average Bonchev–Trinajstić information content (AvgIpc) is 2.42. The molecule has 0 spiro atoms. The second-order valence-corrected chi connectivity index (χ2v) is 5.68. The quantitative estimate of drug-likeness (QED) is 0.886. The first-order valence-corrected chi connectivity index (χ1v) is 7.06. The van der Waals surface area contributed by atoms with Gasteiger partial charge in [0.1, 0.15) is 0 Å². The third-order valence-corrected chi connectivity index (χ3v) is 4.20. The van der Waals surface area contributed by atoms with Gasteiger partial charge in [-0.3, -0.25) is 9.78 Å². The van der Waals surface area contributed by atoms with Crippen LogP contribution in [-0.4, -0.2) is 17.4 Å². The third kappa shape index (κ3) is 5.46. The van der Waals surface area contributed by atoms with Gasteiger partial charge in [-0.25, -0.2) is 0 Å². The zero-order valence-electron chi connectivity index (χ0n) is 12.4. The third-order valence-electron chi connectivity index (χ3n) is 4.20. The van der Waals surface area contributed by atoms with E-state index in [4.69, 9.17) is 5.73 Å². The van der Waals surface area contributed by atoms with Gasteiger partial charge >= 0.3 is 0 Å². The fraction of sp³-hybridized carbons (Fsp3) is 0.600. The lowest BCUT2D eigenvalue weighted by Crippen LogP contribution is -2.36. The summed E-state index contributed by atoms with van der Waals surface area (Å²) in [6.07, 6.45) is 9.75. The highest BCUT2D eigenvalue weighted by molar-refractivity contribution is 5.91. The van der Waals surface area contributed by atoms with Crippen LogP contribution >= 0.6 is 24.8 Å². The van der Waals surface area contributed by atoms with Crippen molar-refractivity contribution in [3.8, 4) is 0 Å². The Morgan fingerprint density at radius 3 is 2.57 bits per heavy atom. The molecule has 0 bridgehead atoms. The Labute approximate surface area is 139 Å². The second-order valence-electron chi connectivity index (χ2n) is 5.68. The summed E-state index contributed by atoms with van der Waals surface area (Å²) >= 11 is 0. The number of aromatic nitrogens is 1. The van der Waals surface area contributed by atoms with E-state index in [1.54, 1.807) is 12.4 Å². The number of amides is 1. The Kier molecular flexibility index (Phi) is 8.86. The minimum absolute atomic E-state index is 0. The number of nitrogens with zero attached hydrogens (tertiary/aromatic N) is 1. The molecule has 0 saturated heterocycles. The molecule has 1 heterocycles. The number of aryl methyl sites for hydroxylation is 1.